The van der Waals surface area contributed by atoms with Crippen molar-refractivity contribution in [1.29, 1.82) is 0 Å². The third kappa shape index (κ3) is 4.47. The first-order chi connectivity index (χ1) is 16.7. The van der Waals surface area contributed by atoms with E-state index in [1.807, 2.05) is 66.7 Å². The Hall–Kier alpha value is -4.22. The SMILES string of the molecule is NCCC(C(=O)Nc1ccc2[nH]nc(-c3ccc(-c4ccccc4)cc3)c2c1)c1ccccc1. The molecule has 0 radical (unpaired) electrons. The van der Waals surface area contributed by atoms with Gasteiger partial charge in [0.15, 0.2) is 0 Å². The van der Waals surface area contributed by atoms with Gasteiger partial charge in [-0.1, -0.05) is 84.9 Å². The van der Waals surface area contributed by atoms with Crippen LogP contribution in [0.1, 0.15) is 17.9 Å². The van der Waals surface area contributed by atoms with Gasteiger partial charge in [0.1, 0.15) is 0 Å². The first-order valence-electron chi connectivity index (χ1n) is 11.4. The number of hydrogen-bond acceptors (Lipinski definition) is 3. The van der Waals surface area contributed by atoms with Crippen molar-refractivity contribution in [3.63, 3.8) is 0 Å². The van der Waals surface area contributed by atoms with Gasteiger partial charge < -0.3 is 11.1 Å². The van der Waals surface area contributed by atoms with Crippen LogP contribution in [0.3, 0.4) is 0 Å². The number of hydrogen-bond donors (Lipinski definition) is 3. The lowest BCUT2D eigenvalue weighted by molar-refractivity contribution is -0.117. The number of aromatic nitrogens is 2. The summed E-state index contributed by atoms with van der Waals surface area (Å²) < 4.78 is 0. The Morgan fingerprint density at radius 3 is 2.18 bits per heavy atom. The van der Waals surface area contributed by atoms with Gasteiger partial charge in [0.25, 0.3) is 0 Å². The highest BCUT2D eigenvalue weighted by Gasteiger charge is 2.20. The molecule has 1 heterocycles. The van der Waals surface area contributed by atoms with E-state index in [0.717, 1.165) is 39.0 Å². The lowest BCUT2D eigenvalue weighted by atomic mass is 9.94. The smallest absolute Gasteiger partial charge is 0.231 e. The summed E-state index contributed by atoms with van der Waals surface area (Å²) in [7, 11) is 0. The number of nitrogens with one attached hydrogen (secondary N) is 2. The third-order valence-corrected chi connectivity index (χ3v) is 6.07. The number of fused-ring (bicyclic) bond motifs is 1. The van der Waals surface area contributed by atoms with Crippen molar-refractivity contribution in [2.24, 2.45) is 5.73 Å². The maximum atomic E-state index is 13.1. The predicted octanol–water partition coefficient (Wildman–Crippen LogP) is 5.97. The fraction of sp³-hybridized carbons (Fsp3) is 0.103. The lowest BCUT2D eigenvalue weighted by Gasteiger charge is -2.16. The van der Waals surface area contributed by atoms with Crippen LogP contribution in [0.2, 0.25) is 0 Å². The average Bonchev–Trinajstić information content (AvgIpc) is 3.31. The van der Waals surface area contributed by atoms with Crippen molar-refractivity contribution in [3.05, 3.63) is 109 Å². The van der Waals surface area contributed by atoms with E-state index in [9.17, 15) is 4.79 Å². The Bertz CT molecular complexity index is 1390. The van der Waals surface area contributed by atoms with E-state index in [-0.39, 0.29) is 11.8 Å². The number of nitrogens with two attached hydrogens (primary N) is 1. The quantitative estimate of drug-likeness (QED) is 0.288. The molecule has 1 aromatic heterocycles. The maximum absolute atomic E-state index is 13.1. The summed E-state index contributed by atoms with van der Waals surface area (Å²) in [4.78, 5) is 13.1. The van der Waals surface area contributed by atoms with E-state index in [1.54, 1.807) is 0 Å². The summed E-state index contributed by atoms with van der Waals surface area (Å²) in [6.45, 7) is 0.441. The first kappa shape index (κ1) is 21.6. The second kappa shape index (κ2) is 9.73. The predicted molar refractivity (Wildman–Crippen MR) is 138 cm³/mol. The van der Waals surface area contributed by atoms with Crippen LogP contribution in [-0.4, -0.2) is 22.6 Å². The molecule has 0 fully saturated rings. The van der Waals surface area contributed by atoms with Crippen LogP contribution in [0, 0.1) is 0 Å². The van der Waals surface area contributed by atoms with Crippen molar-refractivity contribution in [1.82, 2.24) is 10.2 Å². The standard InChI is InChI=1S/C29H26N4O/c30-18-17-25(22-9-5-2-6-10-22)29(34)31-24-15-16-27-26(19-24)28(33-32-27)23-13-11-21(12-14-23)20-7-3-1-4-8-20/h1-16,19,25H,17-18,30H2,(H,31,34)(H,32,33). The summed E-state index contributed by atoms with van der Waals surface area (Å²) in [5, 5.41) is 11.7. The third-order valence-electron chi connectivity index (χ3n) is 6.07. The minimum absolute atomic E-state index is 0.0618. The molecule has 0 aliphatic carbocycles. The molecule has 5 rings (SSSR count). The highest BCUT2D eigenvalue weighted by molar-refractivity contribution is 6.00. The Kier molecular flexibility index (Phi) is 6.19. The Labute approximate surface area is 198 Å². The monoisotopic (exact) mass is 446 g/mol. The van der Waals surface area contributed by atoms with Crippen molar-refractivity contribution in [2.75, 3.05) is 11.9 Å². The normalized spacial score (nSPS) is 11.9. The topological polar surface area (TPSA) is 83.8 Å². The molecule has 0 aliphatic heterocycles. The number of amides is 1. The molecule has 0 saturated heterocycles. The van der Waals surface area contributed by atoms with E-state index in [2.05, 4.69) is 51.9 Å². The van der Waals surface area contributed by atoms with Crippen LogP contribution in [0.4, 0.5) is 5.69 Å². The summed E-state index contributed by atoms with van der Waals surface area (Å²) >= 11 is 0. The number of rotatable bonds is 7. The van der Waals surface area contributed by atoms with Gasteiger partial charge in [-0.2, -0.15) is 5.10 Å². The van der Waals surface area contributed by atoms with Gasteiger partial charge in [-0.25, -0.2) is 0 Å². The Balaban J connectivity index is 1.41. The molecule has 0 bridgehead atoms. The molecule has 5 heteroatoms. The molecular weight excluding hydrogens is 420 g/mol. The molecule has 0 aliphatic rings. The Morgan fingerprint density at radius 2 is 1.47 bits per heavy atom. The summed E-state index contributed by atoms with van der Waals surface area (Å²) in [6.07, 6.45) is 0.586. The number of H-pyrrole nitrogens is 1. The molecule has 34 heavy (non-hydrogen) atoms. The fourth-order valence-corrected chi connectivity index (χ4v) is 4.29. The summed E-state index contributed by atoms with van der Waals surface area (Å²) in [5.41, 5.74) is 12.6. The summed E-state index contributed by atoms with van der Waals surface area (Å²) in [6, 6.07) is 34.2. The molecule has 0 spiro atoms. The molecule has 5 nitrogen and oxygen atoms in total. The van der Waals surface area contributed by atoms with Gasteiger partial charge in [-0.15, -0.1) is 0 Å². The van der Waals surface area contributed by atoms with E-state index >= 15 is 0 Å². The largest absolute Gasteiger partial charge is 0.330 e. The average molecular weight is 447 g/mol. The molecular formula is C29H26N4O. The number of anilines is 1. The van der Waals surface area contributed by atoms with Crippen LogP contribution < -0.4 is 11.1 Å². The zero-order valence-electron chi connectivity index (χ0n) is 18.7. The number of nitrogens with zero attached hydrogens (tertiary/aromatic N) is 1. The van der Waals surface area contributed by atoms with E-state index in [0.29, 0.717) is 13.0 Å². The number of benzene rings is 4. The van der Waals surface area contributed by atoms with Crippen LogP contribution in [0.5, 0.6) is 0 Å². The minimum Gasteiger partial charge on any atom is -0.330 e. The van der Waals surface area contributed by atoms with Gasteiger partial charge in [-0.05, 0) is 47.9 Å². The van der Waals surface area contributed by atoms with Crippen LogP contribution in [0.25, 0.3) is 33.3 Å². The minimum atomic E-state index is -0.295. The molecule has 5 aromatic rings. The molecule has 0 saturated carbocycles. The zero-order chi connectivity index (χ0) is 23.3. The maximum Gasteiger partial charge on any atom is 0.231 e. The van der Waals surface area contributed by atoms with E-state index in [1.165, 1.54) is 5.56 Å². The number of carbonyl (C=O) groups is 1. The van der Waals surface area contributed by atoms with E-state index in [4.69, 9.17) is 5.73 Å². The van der Waals surface area contributed by atoms with Crippen molar-refractivity contribution in [3.8, 4) is 22.4 Å². The molecule has 168 valence electrons. The second-order valence-electron chi connectivity index (χ2n) is 8.31. The highest BCUT2D eigenvalue weighted by atomic mass is 16.1. The van der Waals surface area contributed by atoms with Crippen LogP contribution in [0.15, 0.2) is 103 Å². The first-order valence-corrected chi connectivity index (χ1v) is 11.4. The second-order valence-corrected chi connectivity index (χ2v) is 8.31. The van der Waals surface area contributed by atoms with Gasteiger partial charge in [0.05, 0.1) is 17.1 Å². The van der Waals surface area contributed by atoms with Gasteiger partial charge in [0, 0.05) is 16.6 Å². The number of carbonyl (C=O) groups excluding carboxylic acids is 1. The van der Waals surface area contributed by atoms with Gasteiger partial charge in [-0.3, -0.25) is 9.89 Å². The van der Waals surface area contributed by atoms with Crippen LogP contribution in [-0.2, 0) is 4.79 Å². The van der Waals surface area contributed by atoms with Crippen molar-refractivity contribution >= 4 is 22.5 Å². The molecule has 1 atom stereocenters. The molecule has 4 N–H and O–H groups in total. The molecule has 1 unspecified atom stereocenters. The van der Waals surface area contributed by atoms with E-state index < -0.39 is 0 Å². The van der Waals surface area contributed by atoms with Crippen molar-refractivity contribution < 1.29 is 4.79 Å². The van der Waals surface area contributed by atoms with Gasteiger partial charge in [0.2, 0.25) is 5.91 Å². The Morgan fingerprint density at radius 1 is 0.824 bits per heavy atom. The summed E-state index contributed by atoms with van der Waals surface area (Å²) in [5.74, 6) is -0.357. The number of aromatic amines is 1. The lowest BCUT2D eigenvalue weighted by Crippen LogP contribution is -2.23. The molecule has 4 aromatic carbocycles. The molecule has 1 amide bonds. The highest BCUT2D eigenvalue weighted by Crippen LogP contribution is 2.31. The van der Waals surface area contributed by atoms with Crippen molar-refractivity contribution in [2.45, 2.75) is 12.3 Å². The zero-order valence-corrected chi connectivity index (χ0v) is 18.7. The van der Waals surface area contributed by atoms with Crippen LogP contribution >= 0.6 is 0 Å². The fourth-order valence-electron chi connectivity index (χ4n) is 4.29. The van der Waals surface area contributed by atoms with Gasteiger partial charge >= 0.3 is 0 Å².